The molecule has 0 heterocycles. The maximum atomic E-state index is 13.7. The van der Waals surface area contributed by atoms with Crippen molar-refractivity contribution in [2.45, 2.75) is 32.6 Å². The lowest BCUT2D eigenvalue weighted by molar-refractivity contribution is 0.614. The zero-order chi connectivity index (χ0) is 17.3. The van der Waals surface area contributed by atoms with Crippen LogP contribution in [0.5, 0.6) is 0 Å². The van der Waals surface area contributed by atoms with Gasteiger partial charge in [-0.3, -0.25) is 0 Å². The zero-order valence-corrected chi connectivity index (χ0v) is 13.9. The van der Waals surface area contributed by atoms with Gasteiger partial charge in [0.25, 0.3) is 0 Å². The Hall–Kier alpha value is -2.69. The number of nitrogens with two attached hydrogens (primary N) is 2. The van der Waals surface area contributed by atoms with E-state index in [-0.39, 0.29) is 17.7 Å². The van der Waals surface area contributed by atoms with Crippen LogP contribution in [0.2, 0.25) is 0 Å². The highest BCUT2D eigenvalue weighted by molar-refractivity contribution is 6.04. The SMILES string of the molecule is Cc1ccc(F)cc1[C@@H]1C/C(=N\N=C(N)N)c2c(C)cccc2C1. The number of guanidine groups is 1. The van der Waals surface area contributed by atoms with Gasteiger partial charge in [-0.2, -0.15) is 5.10 Å². The molecule has 5 heteroatoms. The summed E-state index contributed by atoms with van der Waals surface area (Å²) in [5.41, 5.74) is 17.2. The molecule has 2 aromatic carbocycles. The Morgan fingerprint density at radius 2 is 1.88 bits per heavy atom. The van der Waals surface area contributed by atoms with Gasteiger partial charge in [0.15, 0.2) is 0 Å². The molecule has 1 aliphatic carbocycles. The summed E-state index contributed by atoms with van der Waals surface area (Å²) in [6.45, 7) is 4.06. The highest BCUT2D eigenvalue weighted by Gasteiger charge is 2.27. The number of fused-ring (bicyclic) bond motifs is 1. The maximum absolute atomic E-state index is 13.7. The molecule has 0 radical (unpaired) electrons. The molecule has 124 valence electrons. The monoisotopic (exact) mass is 324 g/mol. The van der Waals surface area contributed by atoms with Crippen LogP contribution < -0.4 is 11.5 Å². The van der Waals surface area contributed by atoms with Crippen LogP contribution in [0.3, 0.4) is 0 Å². The normalized spacial score (nSPS) is 18.3. The molecule has 0 spiro atoms. The zero-order valence-electron chi connectivity index (χ0n) is 13.9. The fourth-order valence-corrected chi connectivity index (χ4v) is 3.46. The molecular weight excluding hydrogens is 303 g/mol. The van der Waals surface area contributed by atoms with Gasteiger partial charge < -0.3 is 11.5 Å². The first-order valence-corrected chi connectivity index (χ1v) is 7.96. The second kappa shape index (κ2) is 6.43. The van der Waals surface area contributed by atoms with E-state index >= 15 is 0 Å². The van der Waals surface area contributed by atoms with Gasteiger partial charge in [-0.15, -0.1) is 5.10 Å². The van der Waals surface area contributed by atoms with Crippen molar-refractivity contribution in [3.63, 3.8) is 0 Å². The molecule has 0 aromatic heterocycles. The van der Waals surface area contributed by atoms with Crippen molar-refractivity contribution in [3.05, 3.63) is 70.0 Å². The van der Waals surface area contributed by atoms with Crippen molar-refractivity contribution in [2.75, 3.05) is 0 Å². The molecule has 24 heavy (non-hydrogen) atoms. The van der Waals surface area contributed by atoms with E-state index in [4.69, 9.17) is 11.5 Å². The second-order valence-corrected chi connectivity index (χ2v) is 6.29. The van der Waals surface area contributed by atoms with E-state index in [1.807, 2.05) is 19.1 Å². The fourth-order valence-electron chi connectivity index (χ4n) is 3.46. The Kier molecular flexibility index (Phi) is 4.34. The smallest absolute Gasteiger partial charge is 0.211 e. The fraction of sp³-hybridized carbons (Fsp3) is 0.263. The van der Waals surface area contributed by atoms with Crippen molar-refractivity contribution in [1.29, 1.82) is 0 Å². The van der Waals surface area contributed by atoms with E-state index in [1.54, 1.807) is 6.07 Å². The molecule has 0 saturated carbocycles. The van der Waals surface area contributed by atoms with Gasteiger partial charge in [0.2, 0.25) is 5.96 Å². The van der Waals surface area contributed by atoms with E-state index in [9.17, 15) is 4.39 Å². The van der Waals surface area contributed by atoms with Crippen LogP contribution in [0.25, 0.3) is 0 Å². The summed E-state index contributed by atoms with van der Waals surface area (Å²) in [5.74, 6) is -0.127. The van der Waals surface area contributed by atoms with Crippen molar-refractivity contribution < 1.29 is 4.39 Å². The van der Waals surface area contributed by atoms with Gasteiger partial charge in [0.05, 0.1) is 5.71 Å². The Labute approximate surface area is 141 Å². The van der Waals surface area contributed by atoms with Gasteiger partial charge >= 0.3 is 0 Å². The predicted molar refractivity (Wildman–Crippen MR) is 95.7 cm³/mol. The third kappa shape index (κ3) is 3.15. The number of hydrogen-bond acceptors (Lipinski definition) is 2. The minimum atomic E-state index is -0.214. The summed E-state index contributed by atoms with van der Waals surface area (Å²) in [7, 11) is 0. The summed E-state index contributed by atoms with van der Waals surface area (Å²) >= 11 is 0. The molecular formula is C19H21FN4. The maximum Gasteiger partial charge on any atom is 0.211 e. The summed E-state index contributed by atoms with van der Waals surface area (Å²) in [6, 6.07) is 11.1. The van der Waals surface area contributed by atoms with Crippen LogP contribution >= 0.6 is 0 Å². The van der Waals surface area contributed by atoms with Gasteiger partial charge in [0.1, 0.15) is 5.82 Å². The Morgan fingerprint density at radius 1 is 1.08 bits per heavy atom. The van der Waals surface area contributed by atoms with Gasteiger partial charge in [-0.25, -0.2) is 4.39 Å². The van der Waals surface area contributed by atoms with Gasteiger partial charge in [-0.05, 0) is 67.0 Å². The minimum Gasteiger partial charge on any atom is -0.369 e. The third-order valence-electron chi connectivity index (χ3n) is 4.52. The second-order valence-electron chi connectivity index (χ2n) is 6.29. The van der Waals surface area contributed by atoms with Crippen molar-refractivity contribution >= 4 is 11.7 Å². The lowest BCUT2D eigenvalue weighted by Gasteiger charge is -2.28. The van der Waals surface area contributed by atoms with E-state index in [1.165, 1.54) is 11.6 Å². The van der Waals surface area contributed by atoms with E-state index < -0.39 is 0 Å². The molecule has 4 N–H and O–H groups in total. The average Bonchev–Trinajstić information content (AvgIpc) is 2.54. The first-order chi connectivity index (χ1) is 11.5. The third-order valence-corrected chi connectivity index (χ3v) is 4.52. The number of benzene rings is 2. The minimum absolute atomic E-state index is 0.0679. The highest BCUT2D eigenvalue weighted by atomic mass is 19.1. The lowest BCUT2D eigenvalue weighted by Crippen LogP contribution is -2.24. The summed E-state index contributed by atoms with van der Waals surface area (Å²) in [4.78, 5) is 0. The highest BCUT2D eigenvalue weighted by Crippen LogP contribution is 2.36. The molecule has 4 nitrogen and oxygen atoms in total. The average molecular weight is 324 g/mol. The molecule has 0 unspecified atom stereocenters. The van der Waals surface area contributed by atoms with Crippen LogP contribution in [0.15, 0.2) is 46.6 Å². The van der Waals surface area contributed by atoms with Crippen LogP contribution in [-0.4, -0.2) is 11.7 Å². The molecule has 0 bridgehead atoms. The van der Waals surface area contributed by atoms with E-state index in [2.05, 4.69) is 29.3 Å². The lowest BCUT2D eigenvalue weighted by atomic mass is 9.76. The quantitative estimate of drug-likeness (QED) is 0.506. The van der Waals surface area contributed by atoms with Crippen molar-refractivity contribution in [2.24, 2.45) is 21.7 Å². The Bertz CT molecular complexity index is 835. The van der Waals surface area contributed by atoms with Crippen molar-refractivity contribution in [3.8, 4) is 0 Å². The van der Waals surface area contributed by atoms with E-state index in [0.29, 0.717) is 6.42 Å². The molecule has 2 aromatic rings. The van der Waals surface area contributed by atoms with Gasteiger partial charge in [0, 0.05) is 5.56 Å². The van der Waals surface area contributed by atoms with Gasteiger partial charge in [-0.1, -0.05) is 24.3 Å². The summed E-state index contributed by atoms with van der Waals surface area (Å²) in [6.07, 6.45) is 1.53. The summed E-state index contributed by atoms with van der Waals surface area (Å²) < 4.78 is 13.7. The molecule has 0 amide bonds. The van der Waals surface area contributed by atoms with Crippen LogP contribution in [0, 0.1) is 19.7 Å². The Morgan fingerprint density at radius 3 is 2.62 bits per heavy atom. The number of rotatable bonds is 2. The van der Waals surface area contributed by atoms with Crippen LogP contribution in [0.1, 0.15) is 40.2 Å². The van der Waals surface area contributed by atoms with Crippen LogP contribution in [-0.2, 0) is 6.42 Å². The Balaban J connectivity index is 2.10. The molecule has 0 saturated heterocycles. The number of hydrogen-bond donors (Lipinski definition) is 2. The number of nitrogens with zero attached hydrogens (tertiary/aromatic N) is 2. The van der Waals surface area contributed by atoms with Crippen molar-refractivity contribution in [1.82, 2.24) is 0 Å². The molecule has 0 aliphatic heterocycles. The predicted octanol–water partition coefficient (Wildman–Crippen LogP) is 3.15. The first kappa shape index (κ1) is 16.2. The van der Waals surface area contributed by atoms with Crippen LogP contribution in [0.4, 0.5) is 4.39 Å². The standard InChI is InChI=1S/C19H21FN4/c1-11-6-7-15(20)10-16(11)14-8-13-5-3-4-12(2)18(13)17(9-14)23-24-19(21)22/h3-7,10,14H,8-9H2,1-2H3,(H4,21,22,24)/b23-17+/t14-/m0/s1. The van der Waals surface area contributed by atoms with E-state index in [0.717, 1.165) is 34.4 Å². The topological polar surface area (TPSA) is 76.8 Å². The molecule has 3 rings (SSSR count). The largest absolute Gasteiger partial charge is 0.369 e. The first-order valence-electron chi connectivity index (χ1n) is 7.96. The molecule has 1 atom stereocenters. The number of halogens is 1. The summed E-state index contributed by atoms with van der Waals surface area (Å²) in [5, 5.41) is 8.12. The molecule has 0 fully saturated rings. The number of aryl methyl sites for hydroxylation is 2. The molecule has 1 aliphatic rings.